The minimum absolute atomic E-state index is 0.303. The summed E-state index contributed by atoms with van der Waals surface area (Å²) in [5.41, 5.74) is 9.87. The van der Waals surface area contributed by atoms with Crippen LogP contribution in [-0.2, 0) is 17.6 Å². The van der Waals surface area contributed by atoms with Crippen molar-refractivity contribution in [3.63, 3.8) is 0 Å². The minimum atomic E-state index is 0.303. The van der Waals surface area contributed by atoms with E-state index in [2.05, 4.69) is 11.1 Å². The summed E-state index contributed by atoms with van der Waals surface area (Å²) < 4.78 is 5.39. The first-order valence-corrected chi connectivity index (χ1v) is 5.64. The third-order valence-corrected chi connectivity index (χ3v) is 3.42. The molecule has 2 unspecified atom stereocenters. The number of nitrogens with two attached hydrogens (primary N) is 1. The molecular weight excluding hydrogens is 188 g/mol. The summed E-state index contributed by atoms with van der Waals surface area (Å²) in [5, 5.41) is 0. The Morgan fingerprint density at radius 2 is 2.20 bits per heavy atom. The Morgan fingerprint density at radius 1 is 1.33 bits per heavy atom. The van der Waals surface area contributed by atoms with Gasteiger partial charge in [0, 0.05) is 30.5 Å². The Hall–Kier alpha value is -0.930. The number of rotatable bonds is 1. The lowest BCUT2D eigenvalue weighted by molar-refractivity contribution is 0.193. The van der Waals surface area contributed by atoms with Gasteiger partial charge in [-0.05, 0) is 36.5 Å². The van der Waals surface area contributed by atoms with Gasteiger partial charge < -0.3 is 10.5 Å². The summed E-state index contributed by atoms with van der Waals surface area (Å²) in [6.07, 6.45) is 5.12. The predicted octanol–water partition coefficient (Wildman–Crippen LogP) is 1.01. The monoisotopic (exact) mass is 204 g/mol. The summed E-state index contributed by atoms with van der Waals surface area (Å²) in [5.74, 6) is 0.507. The lowest BCUT2D eigenvalue weighted by atomic mass is 10.0. The van der Waals surface area contributed by atoms with Crippen LogP contribution < -0.4 is 5.73 Å². The van der Waals surface area contributed by atoms with Crippen molar-refractivity contribution < 1.29 is 4.74 Å². The summed E-state index contributed by atoms with van der Waals surface area (Å²) in [6.45, 7) is 1.71. The molecule has 0 spiro atoms. The maximum atomic E-state index is 5.94. The zero-order valence-electron chi connectivity index (χ0n) is 8.78. The van der Waals surface area contributed by atoms with E-state index in [0.717, 1.165) is 32.5 Å². The fraction of sp³-hybridized carbons (Fsp3) is 0.583. The Morgan fingerprint density at radius 3 is 3.00 bits per heavy atom. The second kappa shape index (κ2) is 3.58. The molecule has 80 valence electrons. The van der Waals surface area contributed by atoms with Gasteiger partial charge in [-0.15, -0.1) is 0 Å². The topological polar surface area (TPSA) is 48.1 Å². The van der Waals surface area contributed by atoms with Crippen LogP contribution in [0.2, 0.25) is 0 Å². The number of ether oxygens (including phenoxy) is 1. The molecule has 3 rings (SSSR count). The van der Waals surface area contributed by atoms with Gasteiger partial charge in [0.25, 0.3) is 0 Å². The summed E-state index contributed by atoms with van der Waals surface area (Å²) in [7, 11) is 0. The van der Waals surface area contributed by atoms with E-state index in [1.54, 1.807) is 0 Å². The molecule has 1 aromatic rings. The van der Waals surface area contributed by atoms with Crippen molar-refractivity contribution in [2.45, 2.75) is 31.2 Å². The lowest BCUT2D eigenvalue weighted by Crippen LogP contribution is -2.19. The van der Waals surface area contributed by atoms with Gasteiger partial charge in [0.15, 0.2) is 0 Å². The summed E-state index contributed by atoms with van der Waals surface area (Å²) in [4.78, 5) is 4.53. The third-order valence-electron chi connectivity index (χ3n) is 3.42. The van der Waals surface area contributed by atoms with E-state index in [1.807, 2.05) is 6.20 Å². The van der Waals surface area contributed by atoms with Crippen LogP contribution in [0.25, 0.3) is 0 Å². The van der Waals surface area contributed by atoms with Crippen molar-refractivity contribution in [1.29, 1.82) is 0 Å². The first kappa shape index (κ1) is 9.31. The Kier molecular flexibility index (Phi) is 2.22. The second-order valence-corrected chi connectivity index (χ2v) is 4.61. The molecule has 3 nitrogen and oxygen atoms in total. The van der Waals surface area contributed by atoms with Crippen LogP contribution >= 0.6 is 0 Å². The molecule has 0 amide bonds. The van der Waals surface area contributed by atoms with Gasteiger partial charge in [-0.2, -0.15) is 0 Å². The van der Waals surface area contributed by atoms with Gasteiger partial charge >= 0.3 is 0 Å². The molecule has 1 aliphatic heterocycles. The molecular formula is C12H16N2O. The molecule has 0 saturated carbocycles. The molecule has 0 aromatic carbocycles. The average molecular weight is 204 g/mol. The first-order chi connectivity index (χ1) is 7.33. The molecule has 1 saturated heterocycles. The molecule has 0 bridgehead atoms. The van der Waals surface area contributed by atoms with Gasteiger partial charge in [-0.3, -0.25) is 4.98 Å². The van der Waals surface area contributed by atoms with Crippen molar-refractivity contribution in [1.82, 2.24) is 4.98 Å². The van der Waals surface area contributed by atoms with Crippen molar-refractivity contribution in [2.75, 3.05) is 13.2 Å². The second-order valence-electron chi connectivity index (χ2n) is 4.61. The SMILES string of the molecule is NC1Cc2cnc(C3CCOC3)cc2C1. The Balaban J connectivity index is 1.89. The summed E-state index contributed by atoms with van der Waals surface area (Å²) in [6, 6.07) is 2.54. The average Bonchev–Trinajstić information content (AvgIpc) is 2.82. The fourth-order valence-corrected chi connectivity index (χ4v) is 2.55. The van der Waals surface area contributed by atoms with Gasteiger partial charge in [-0.25, -0.2) is 0 Å². The van der Waals surface area contributed by atoms with Gasteiger partial charge in [0.2, 0.25) is 0 Å². The van der Waals surface area contributed by atoms with Crippen molar-refractivity contribution in [2.24, 2.45) is 5.73 Å². The van der Waals surface area contributed by atoms with E-state index in [0.29, 0.717) is 12.0 Å². The van der Waals surface area contributed by atoms with Crippen molar-refractivity contribution in [3.05, 3.63) is 29.1 Å². The third kappa shape index (κ3) is 1.66. The van der Waals surface area contributed by atoms with E-state index in [4.69, 9.17) is 10.5 Å². The number of hydrogen-bond acceptors (Lipinski definition) is 3. The number of nitrogens with zero attached hydrogens (tertiary/aromatic N) is 1. The maximum Gasteiger partial charge on any atom is 0.0550 e. The van der Waals surface area contributed by atoms with Crippen LogP contribution in [0.15, 0.2) is 12.3 Å². The highest BCUT2D eigenvalue weighted by atomic mass is 16.5. The number of hydrogen-bond donors (Lipinski definition) is 1. The van der Waals surface area contributed by atoms with Crippen LogP contribution in [0, 0.1) is 0 Å². The van der Waals surface area contributed by atoms with Crippen molar-refractivity contribution >= 4 is 0 Å². The zero-order chi connectivity index (χ0) is 10.3. The zero-order valence-corrected chi connectivity index (χ0v) is 8.78. The maximum absolute atomic E-state index is 5.94. The van der Waals surface area contributed by atoms with E-state index in [1.165, 1.54) is 16.8 Å². The molecule has 3 heteroatoms. The molecule has 1 aromatic heterocycles. The highest BCUT2D eigenvalue weighted by Gasteiger charge is 2.23. The minimum Gasteiger partial charge on any atom is -0.381 e. The van der Waals surface area contributed by atoms with E-state index >= 15 is 0 Å². The standard InChI is InChI=1S/C12H16N2O/c13-11-3-9-5-12(8-1-2-15-7-8)14-6-10(9)4-11/h5-6,8,11H,1-4,7,13H2. The molecule has 2 heterocycles. The Bertz CT molecular complexity index is 372. The quantitative estimate of drug-likeness (QED) is 0.742. The largest absolute Gasteiger partial charge is 0.381 e. The first-order valence-electron chi connectivity index (χ1n) is 5.64. The van der Waals surface area contributed by atoms with Crippen LogP contribution in [0.5, 0.6) is 0 Å². The highest BCUT2D eigenvalue weighted by molar-refractivity contribution is 5.34. The number of pyridine rings is 1. The van der Waals surface area contributed by atoms with Gasteiger partial charge in [-0.1, -0.05) is 0 Å². The summed E-state index contributed by atoms with van der Waals surface area (Å²) >= 11 is 0. The molecule has 1 fully saturated rings. The van der Waals surface area contributed by atoms with Crippen LogP contribution in [0.1, 0.15) is 29.2 Å². The van der Waals surface area contributed by atoms with Crippen LogP contribution in [0.4, 0.5) is 0 Å². The van der Waals surface area contributed by atoms with E-state index in [9.17, 15) is 0 Å². The van der Waals surface area contributed by atoms with Crippen molar-refractivity contribution in [3.8, 4) is 0 Å². The van der Waals surface area contributed by atoms with Gasteiger partial charge in [0.1, 0.15) is 0 Å². The Labute approximate surface area is 89.6 Å². The molecule has 1 aliphatic carbocycles. The highest BCUT2D eigenvalue weighted by Crippen LogP contribution is 2.27. The normalized spacial score (nSPS) is 29.4. The number of aromatic nitrogens is 1. The molecule has 2 aliphatic rings. The number of fused-ring (bicyclic) bond motifs is 1. The predicted molar refractivity (Wildman–Crippen MR) is 57.8 cm³/mol. The van der Waals surface area contributed by atoms with E-state index < -0.39 is 0 Å². The molecule has 2 N–H and O–H groups in total. The smallest absolute Gasteiger partial charge is 0.0550 e. The van der Waals surface area contributed by atoms with Gasteiger partial charge in [0.05, 0.1) is 6.61 Å². The van der Waals surface area contributed by atoms with Crippen LogP contribution in [-0.4, -0.2) is 24.2 Å². The van der Waals surface area contributed by atoms with Crippen LogP contribution in [0.3, 0.4) is 0 Å². The van der Waals surface area contributed by atoms with E-state index in [-0.39, 0.29) is 0 Å². The lowest BCUT2D eigenvalue weighted by Gasteiger charge is -2.08. The molecule has 15 heavy (non-hydrogen) atoms. The molecule has 0 radical (unpaired) electrons. The fourth-order valence-electron chi connectivity index (χ4n) is 2.55. The molecule has 2 atom stereocenters.